The summed E-state index contributed by atoms with van der Waals surface area (Å²) in [4.78, 5) is 12.2. The van der Waals surface area contributed by atoms with E-state index in [1.807, 2.05) is 11.3 Å². The normalized spacial score (nSPS) is 12.9. The van der Waals surface area contributed by atoms with Crippen LogP contribution in [0.2, 0.25) is 0 Å². The number of hydrogen-bond acceptors (Lipinski definition) is 3. The number of hydrogen-bond donors (Lipinski definition) is 0. The van der Waals surface area contributed by atoms with E-state index >= 15 is 0 Å². The first-order chi connectivity index (χ1) is 53.8. The highest BCUT2D eigenvalue weighted by molar-refractivity contribution is 7.25. The predicted molar refractivity (Wildman–Crippen MR) is 458 cm³/mol. The van der Waals surface area contributed by atoms with Gasteiger partial charge in [-0.25, -0.2) is 4.98 Å². The summed E-state index contributed by atoms with van der Waals surface area (Å²) in [6.07, 6.45) is 0. The van der Waals surface area contributed by atoms with Crippen molar-refractivity contribution in [3.05, 3.63) is 357 Å². The molecule has 7 nitrogen and oxygen atoms in total. The van der Waals surface area contributed by atoms with Crippen LogP contribution in [-0.2, 0) is 5.41 Å². The zero-order chi connectivity index (χ0) is 71.5. The number of fused-ring (bicyclic) bond motifs is 23. The van der Waals surface area contributed by atoms with Gasteiger partial charge in [0, 0.05) is 102 Å². The molecule has 0 amide bonds. The molecule has 23 aromatic rings. The van der Waals surface area contributed by atoms with Crippen molar-refractivity contribution in [1.29, 1.82) is 0 Å². The highest BCUT2D eigenvalue weighted by Gasteiger charge is 2.38. The van der Waals surface area contributed by atoms with Gasteiger partial charge in [0.15, 0.2) is 5.82 Å². The molecule has 508 valence electrons. The summed E-state index contributed by atoms with van der Waals surface area (Å²) in [5.41, 5.74) is 26.9. The van der Waals surface area contributed by atoms with Crippen LogP contribution in [0.5, 0.6) is 0 Å². The van der Waals surface area contributed by atoms with Crippen molar-refractivity contribution in [2.75, 3.05) is 0 Å². The maximum absolute atomic E-state index is 6.22. The lowest BCUT2D eigenvalue weighted by Crippen LogP contribution is -2.15. The summed E-state index contributed by atoms with van der Waals surface area (Å²) < 4.78 is 14.7. The Hall–Kier alpha value is -13.9. The molecular weight excluding hydrogens is 1340 g/mol. The lowest BCUT2D eigenvalue weighted by Gasteiger charge is -2.22. The first-order valence-electron chi connectivity index (χ1n) is 37.5. The minimum absolute atomic E-state index is 0.295. The second-order valence-corrected chi connectivity index (χ2v) is 31.1. The predicted octanol–water partition coefficient (Wildman–Crippen LogP) is 26.8. The van der Waals surface area contributed by atoms with Gasteiger partial charge in [-0.2, -0.15) is 4.98 Å². The number of rotatable bonds is 8. The van der Waals surface area contributed by atoms with Gasteiger partial charge in [-0.1, -0.05) is 232 Å². The van der Waals surface area contributed by atoms with E-state index in [0.717, 1.165) is 117 Å². The van der Waals surface area contributed by atoms with Crippen molar-refractivity contribution < 1.29 is 0 Å². The molecule has 0 unspecified atom stereocenters. The van der Waals surface area contributed by atoms with E-state index in [0.29, 0.717) is 5.95 Å². The Morgan fingerprint density at radius 1 is 0.248 bits per heavy atom. The van der Waals surface area contributed by atoms with Crippen LogP contribution in [-0.4, -0.2) is 32.8 Å². The van der Waals surface area contributed by atoms with Crippen LogP contribution in [0.3, 0.4) is 0 Å². The molecule has 7 heterocycles. The Bertz CT molecular complexity index is 7670. The number of para-hydroxylation sites is 6. The van der Waals surface area contributed by atoms with Crippen LogP contribution in [0.4, 0.5) is 0 Å². The molecule has 0 saturated carbocycles. The van der Waals surface area contributed by atoms with E-state index in [1.165, 1.54) is 102 Å². The van der Waals surface area contributed by atoms with Gasteiger partial charge in [-0.05, 0) is 183 Å². The molecule has 24 rings (SSSR count). The lowest BCUT2D eigenvalue weighted by molar-refractivity contribution is 0.666. The van der Waals surface area contributed by atoms with E-state index in [2.05, 4.69) is 382 Å². The second kappa shape index (κ2) is 22.6. The van der Waals surface area contributed by atoms with Crippen molar-refractivity contribution in [2.24, 2.45) is 0 Å². The van der Waals surface area contributed by atoms with Crippen LogP contribution in [0.15, 0.2) is 346 Å². The SMILES string of the molecule is CC1(C)c2ccccc2-c2ccc3c(c21)c1ccccc1n3-c1nc(-n2c3cc(-c4ccc5c(c4)c4ccccc4n5-c4ccccc4)ccc3c3ccc(-c4ccc5c(c4)c4ccccc4n5-c4ccccc4)cc32)nc2ccc(-n3c4ccccc4c4ccc(-c5ccc6c(c5)sc5ccccc56)cc43)cc12. The van der Waals surface area contributed by atoms with E-state index < -0.39 is 0 Å². The number of aromatic nitrogens is 7. The van der Waals surface area contributed by atoms with Crippen LogP contribution in [0.25, 0.3) is 213 Å². The molecule has 0 atom stereocenters. The van der Waals surface area contributed by atoms with Crippen LogP contribution in [0.1, 0.15) is 25.0 Å². The fourth-order valence-electron chi connectivity index (χ4n) is 19.0. The smallest absolute Gasteiger partial charge is 0.237 e. The fraction of sp³-hybridized carbons (Fsp3) is 0.0297. The largest absolute Gasteiger partial charge is 0.309 e. The van der Waals surface area contributed by atoms with E-state index in [1.54, 1.807) is 0 Å². The van der Waals surface area contributed by atoms with E-state index in [9.17, 15) is 0 Å². The Morgan fingerprint density at radius 3 is 1.27 bits per heavy atom. The summed E-state index contributed by atoms with van der Waals surface area (Å²) >= 11 is 1.86. The molecular formula is C101H63N7S. The standard InChI is InChI=1S/C101H63N7S/c1-101(2)83-31-15-9-25-69(83)78-48-52-91-97(98(78)101)79-30-13-19-35-88(79)107(91)99-82-59-68(106-85-32-16-10-26-70(85)73-44-39-64(55-92(73)106)65-40-47-77-76-29-14-20-36-95(76)109-96(77)58-65)43-49-84(82)102-100(103-99)108-93-56-62(60-41-50-89-80(53-60)71-27-11-17-33-86(71)104(89)66-21-5-3-6-22-66)37-45-74(93)75-46-38-63(57-94(75)108)61-42-51-90-81(54-61)72-28-12-18-34-87(72)105(90)67-23-7-4-8-24-67/h3-59H,1-2H3. The van der Waals surface area contributed by atoms with Crippen molar-refractivity contribution >= 4 is 151 Å². The minimum atomic E-state index is -0.295. The first kappa shape index (κ1) is 60.4. The summed E-state index contributed by atoms with van der Waals surface area (Å²) in [7, 11) is 0. The summed E-state index contributed by atoms with van der Waals surface area (Å²) in [6.45, 7) is 4.81. The Morgan fingerprint density at radius 2 is 0.670 bits per heavy atom. The van der Waals surface area contributed by atoms with E-state index in [4.69, 9.17) is 9.97 Å². The average Bonchev–Trinajstić information content (AvgIpc) is 1.55. The molecule has 0 radical (unpaired) electrons. The molecule has 109 heavy (non-hydrogen) atoms. The molecule has 0 aliphatic heterocycles. The van der Waals surface area contributed by atoms with Gasteiger partial charge in [0.1, 0.15) is 0 Å². The van der Waals surface area contributed by atoms with Gasteiger partial charge in [0.05, 0.1) is 60.7 Å². The third-order valence-electron chi connectivity index (χ3n) is 23.9. The maximum Gasteiger partial charge on any atom is 0.237 e. The third kappa shape index (κ3) is 8.63. The zero-order valence-corrected chi connectivity index (χ0v) is 60.3. The Kier molecular flexibility index (Phi) is 12.5. The van der Waals surface area contributed by atoms with Gasteiger partial charge in [-0.15, -0.1) is 11.3 Å². The second-order valence-electron chi connectivity index (χ2n) is 30.0. The molecule has 7 aromatic heterocycles. The summed E-state index contributed by atoms with van der Waals surface area (Å²) in [5, 5.41) is 15.4. The number of benzene rings is 16. The van der Waals surface area contributed by atoms with Crippen molar-refractivity contribution in [3.63, 3.8) is 0 Å². The highest BCUT2D eigenvalue weighted by atomic mass is 32.1. The van der Waals surface area contributed by atoms with Gasteiger partial charge in [0.25, 0.3) is 0 Å². The monoisotopic (exact) mass is 1410 g/mol. The summed E-state index contributed by atoms with van der Waals surface area (Å²) in [5.74, 6) is 1.37. The lowest BCUT2D eigenvalue weighted by atomic mass is 9.80. The van der Waals surface area contributed by atoms with Crippen molar-refractivity contribution in [3.8, 4) is 73.3 Å². The molecule has 1 aliphatic rings. The molecule has 0 N–H and O–H groups in total. The topological polar surface area (TPSA) is 50.4 Å². The first-order valence-corrected chi connectivity index (χ1v) is 38.3. The third-order valence-corrected chi connectivity index (χ3v) is 25.0. The molecule has 0 spiro atoms. The number of nitrogens with zero attached hydrogens (tertiary/aromatic N) is 7. The van der Waals surface area contributed by atoms with Crippen molar-refractivity contribution in [1.82, 2.24) is 32.8 Å². The van der Waals surface area contributed by atoms with Crippen molar-refractivity contribution in [2.45, 2.75) is 19.3 Å². The molecule has 0 bridgehead atoms. The van der Waals surface area contributed by atoms with Gasteiger partial charge in [-0.3, -0.25) is 9.13 Å². The van der Waals surface area contributed by atoms with Crippen LogP contribution >= 0.6 is 11.3 Å². The average molecular weight is 1410 g/mol. The molecule has 1 aliphatic carbocycles. The fourth-order valence-corrected chi connectivity index (χ4v) is 20.1. The van der Waals surface area contributed by atoms with Crippen LogP contribution in [0, 0.1) is 0 Å². The number of thiophene rings is 1. The highest BCUT2D eigenvalue weighted by Crippen LogP contribution is 2.54. The summed E-state index contributed by atoms with van der Waals surface area (Å²) in [6, 6.07) is 128. The maximum atomic E-state index is 6.22. The molecule has 8 heteroatoms. The van der Waals surface area contributed by atoms with E-state index in [-0.39, 0.29) is 5.41 Å². The van der Waals surface area contributed by atoms with Gasteiger partial charge >= 0.3 is 0 Å². The Balaban J connectivity index is 0.773. The quantitative estimate of drug-likeness (QED) is 0.152. The molecule has 0 saturated heterocycles. The van der Waals surface area contributed by atoms with Gasteiger partial charge < -0.3 is 13.7 Å². The zero-order valence-electron chi connectivity index (χ0n) is 59.4. The van der Waals surface area contributed by atoms with Gasteiger partial charge in [0.2, 0.25) is 5.95 Å². The minimum Gasteiger partial charge on any atom is -0.309 e. The molecule has 16 aromatic carbocycles. The Labute approximate surface area is 629 Å². The van der Waals surface area contributed by atoms with Crippen LogP contribution < -0.4 is 0 Å². The molecule has 0 fully saturated rings.